The van der Waals surface area contributed by atoms with Gasteiger partial charge in [-0.25, -0.2) is 0 Å². The number of ketones is 1. The molecule has 0 saturated carbocycles. The van der Waals surface area contributed by atoms with Gasteiger partial charge >= 0.3 is 0 Å². The summed E-state index contributed by atoms with van der Waals surface area (Å²) < 4.78 is 0. The van der Waals surface area contributed by atoms with E-state index >= 15 is 0 Å². The highest BCUT2D eigenvalue weighted by molar-refractivity contribution is 5.95. The molecule has 0 N–H and O–H groups in total. The van der Waals surface area contributed by atoms with Gasteiger partial charge in [0.25, 0.3) is 0 Å². The largest absolute Gasteiger partial charge is 0.294 e. The topological polar surface area (TPSA) is 17.1 Å². The zero-order valence-electron chi connectivity index (χ0n) is 9.56. The van der Waals surface area contributed by atoms with Crippen molar-refractivity contribution in [3.05, 3.63) is 48.0 Å². The summed E-state index contributed by atoms with van der Waals surface area (Å²) in [4.78, 5) is 11.9. The van der Waals surface area contributed by atoms with Crippen LogP contribution in [0.5, 0.6) is 0 Å². The van der Waals surface area contributed by atoms with Gasteiger partial charge in [-0.15, -0.1) is 0 Å². The van der Waals surface area contributed by atoms with Gasteiger partial charge < -0.3 is 0 Å². The van der Waals surface area contributed by atoms with Crippen molar-refractivity contribution in [2.24, 2.45) is 5.92 Å². The Kier molecular flexibility index (Phi) is 3.92. The monoisotopic (exact) mass is 214 g/mol. The highest BCUT2D eigenvalue weighted by Crippen LogP contribution is 2.22. The fourth-order valence-electron chi connectivity index (χ4n) is 2.21. The smallest absolute Gasteiger partial charge is 0.162 e. The molecule has 1 heteroatoms. The molecule has 0 aromatic heterocycles. The quantitative estimate of drug-likeness (QED) is 0.547. The molecule has 1 atom stereocenters. The van der Waals surface area contributed by atoms with Crippen molar-refractivity contribution >= 4 is 5.78 Å². The molecule has 2 rings (SSSR count). The molecule has 0 radical (unpaired) electrons. The summed E-state index contributed by atoms with van der Waals surface area (Å²) in [7, 11) is 0. The Balaban J connectivity index is 1.84. The van der Waals surface area contributed by atoms with Crippen LogP contribution in [0.3, 0.4) is 0 Å². The molecule has 0 aliphatic heterocycles. The maximum atomic E-state index is 11.9. The Hall–Kier alpha value is -1.37. The lowest BCUT2D eigenvalue weighted by molar-refractivity contribution is 0.0975. The van der Waals surface area contributed by atoms with Crippen LogP contribution in [-0.2, 0) is 0 Å². The first kappa shape index (κ1) is 11.1. The van der Waals surface area contributed by atoms with E-state index in [0.717, 1.165) is 12.0 Å². The molecule has 84 valence electrons. The van der Waals surface area contributed by atoms with Gasteiger partial charge in [0.05, 0.1) is 0 Å². The maximum absolute atomic E-state index is 11.9. The molecule has 1 aromatic carbocycles. The van der Waals surface area contributed by atoms with Crippen LogP contribution in [0.1, 0.15) is 42.5 Å². The van der Waals surface area contributed by atoms with E-state index in [1.165, 1.54) is 19.3 Å². The van der Waals surface area contributed by atoms with E-state index in [9.17, 15) is 4.79 Å². The summed E-state index contributed by atoms with van der Waals surface area (Å²) in [6.45, 7) is 0. The van der Waals surface area contributed by atoms with Crippen molar-refractivity contribution in [1.82, 2.24) is 0 Å². The van der Waals surface area contributed by atoms with Crippen LogP contribution in [0.2, 0.25) is 0 Å². The van der Waals surface area contributed by atoms with Gasteiger partial charge in [0, 0.05) is 12.0 Å². The molecule has 0 bridgehead atoms. The molecule has 1 nitrogen and oxygen atoms in total. The third kappa shape index (κ3) is 3.06. The van der Waals surface area contributed by atoms with Crippen LogP contribution in [-0.4, -0.2) is 5.78 Å². The lowest BCUT2D eigenvalue weighted by Gasteiger charge is -2.15. The van der Waals surface area contributed by atoms with Crippen molar-refractivity contribution in [3.8, 4) is 0 Å². The van der Waals surface area contributed by atoms with E-state index in [0.29, 0.717) is 12.3 Å². The van der Waals surface area contributed by atoms with Crippen LogP contribution in [0.25, 0.3) is 0 Å². The third-order valence-corrected chi connectivity index (χ3v) is 3.19. The molecule has 0 spiro atoms. The van der Waals surface area contributed by atoms with Gasteiger partial charge in [0.2, 0.25) is 0 Å². The van der Waals surface area contributed by atoms with E-state index in [4.69, 9.17) is 0 Å². The van der Waals surface area contributed by atoms with E-state index in [-0.39, 0.29) is 5.78 Å². The summed E-state index contributed by atoms with van der Waals surface area (Å²) in [5.74, 6) is 0.904. The van der Waals surface area contributed by atoms with Crippen LogP contribution in [0.4, 0.5) is 0 Å². The zero-order valence-corrected chi connectivity index (χ0v) is 9.56. The van der Waals surface area contributed by atoms with E-state index in [1.54, 1.807) is 0 Å². The van der Waals surface area contributed by atoms with Crippen LogP contribution >= 0.6 is 0 Å². The molecular weight excluding hydrogens is 196 g/mol. The number of rotatable bonds is 4. The second kappa shape index (κ2) is 5.64. The first-order valence-electron chi connectivity index (χ1n) is 6.11. The highest BCUT2D eigenvalue weighted by atomic mass is 16.1. The number of hydrogen-bond donors (Lipinski definition) is 0. The Morgan fingerprint density at radius 3 is 2.75 bits per heavy atom. The lowest BCUT2D eigenvalue weighted by Crippen LogP contribution is -2.05. The predicted octanol–water partition coefficient (Wildman–Crippen LogP) is 4.01. The minimum Gasteiger partial charge on any atom is -0.294 e. The standard InChI is InChI=1S/C15H18O/c16-15(14-9-5-2-6-10-14)12-11-13-7-3-1-4-8-13/h2-3,5-7,9-10,13H,1,4,8,11-12H2. The molecule has 0 fully saturated rings. The van der Waals surface area contributed by atoms with Gasteiger partial charge in [0.15, 0.2) is 5.78 Å². The first-order chi connectivity index (χ1) is 7.86. The van der Waals surface area contributed by atoms with Crippen LogP contribution in [0.15, 0.2) is 42.5 Å². The van der Waals surface area contributed by atoms with Gasteiger partial charge in [-0.05, 0) is 31.6 Å². The molecule has 1 aromatic rings. The second-order valence-electron chi connectivity index (χ2n) is 4.45. The molecular formula is C15H18O. The maximum Gasteiger partial charge on any atom is 0.162 e. The van der Waals surface area contributed by atoms with E-state index < -0.39 is 0 Å². The number of allylic oxidation sites excluding steroid dienone is 2. The Bertz CT molecular complexity index is 364. The predicted molar refractivity (Wildman–Crippen MR) is 66.5 cm³/mol. The molecule has 16 heavy (non-hydrogen) atoms. The van der Waals surface area contributed by atoms with Crippen LogP contribution in [0, 0.1) is 5.92 Å². The highest BCUT2D eigenvalue weighted by Gasteiger charge is 2.11. The van der Waals surface area contributed by atoms with Crippen molar-refractivity contribution in [2.75, 3.05) is 0 Å². The fourth-order valence-corrected chi connectivity index (χ4v) is 2.21. The Morgan fingerprint density at radius 2 is 2.06 bits per heavy atom. The number of Topliss-reactive ketones (excluding diaryl/α,β-unsaturated/α-hetero) is 1. The normalized spacial score (nSPS) is 19.6. The Morgan fingerprint density at radius 1 is 1.25 bits per heavy atom. The van der Waals surface area contributed by atoms with E-state index in [1.807, 2.05) is 30.3 Å². The number of carbonyl (C=O) groups excluding carboxylic acids is 1. The van der Waals surface area contributed by atoms with Crippen molar-refractivity contribution in [3.63, 3.8) is 0 Å². The summed E-state index contributed by atoms with van der Waals surface area (Å²) >= 11 is 0. The molecule has 1 unspecified atom stereocenters. The molecule has 1 aliphatic rings. The fraction of sp³-hybridized carbons (Fsp3) is 0.400. The minimum atomic E-state index is 0.277. The number of hydrogen-bond acceptors (Lipinski definition) is 1. The van der Waals surface area contributed by atoms with Gasteiger partial charge in [-0.3, -0.25) is 4.79 Å². The van der Waals surface area contributed by atoms with Crippen molar-refractivity contribution in [1.29, 1.82) is 0 Å². The van der Waals surface area contributed by atoms with Gasteiger partial charge in [-0.2, -0.15) is 0 Å². The van der Waals surface area contributed by atoms with Crippen molar-refractivity contribution < 1.29 is 4.79 Å². The van der Waals surface area contributed by atoms with Crippen molar-refractivity contribution in [2.45, 2.75) is 32.1 Å². The average Bonchev–Trinajstić information content (AvgIpc) is 2.38. The molecule has 0 amide bonds. The minimum absolute atomic E-state index is 0.277. The molecule has 0 heterocycles. The summed E-state index contributed by atoms with van der Waals surface area (Å²) in [6.07, 6.45) is 9.95. The summed E-state index contributed by atoms with van der Waals surface area (Å²) in [5.41, 5.74) is 0.849. The number of carbonyl (C=O) groups is 1. The molecule has 1 aliphatic carbocycles. The van der Waals surface area contributed by atoms with Gasteiger partial charge in [0.1, 0.15) is 0 Å². The molecule has 0 saturated heterocycles. The average molecular weight is 214 g/mol. The van der Waals surface area contributed by atoms with Gasteiger partial charge in [-0.1, -0.05) is 42.5 Å². The third-order valence-electron chi connectivity index (χ3n) is 3.19. The zero-order chi connectivity index (χ0) is 11.2. The lowest BCUT2D eigenvalue weighted by atomic mass is 9.90. The Labute approximate surface area is 97.2 Å². The first-order valence-corrected chi connectivity index (χ1v) is 6.11. The van der Waals surface area contributed by atoms with E-state index in [2.05, 4.69) is 12.2 Å². The summed E-state index contributed by atoms with van der Waals surface area (Å²) in [6, 6.07) is 9.60. The number of benzene rings is 1. The SMILES string of the molecule is O=C(CCC1C=CCCC1)c1ccccc1. The van der Waals surface area contributed by atoms with Crippen LogP contribution < -0.4 is 0 Å². The second-order valence-corrected chi connectivity index (χ2v) is 4.45. The summed E-state index contributed by atoms with van der Waals surface area (Å²) in [5, 5.41) is 0.